The van der Waals surface area contributed by atoms with Crippen LogP contribution in [0.5, 0.6) is 5.75 Å². The highest BCUT2D eigenvalue weighted by atomic mass is 16.5. The van der Waals surface area contributed by atoms with Gasteiger partial charge in [-0.1, -0.05) is 29.4 Å². The Balaban J connectivity index is 1.66. The lowest BCUT2D eigenvalue weighted by molar-refractivity contribution is 0.282. The molecule has 2 aromatic rings. The Labute approximate surface area is 137 Å². The second kappa shape index (κ2) is 7.01. The van der Waals surface area contributed by atoms with Crippen LogP contribution in [-0.4, -0.2) is 30.3 Å². The Morgan fingerprint density at radius 1 is 1.30 bits per heavy atom. The highest BCUT2D eigenvalue weighted by Crippen LogP contribution is 2.35. The van der Waals surface area contributed by atoms with Crippen LogP contribution < -0.4 is 4.74 Å². The van der Waals surface area contributed by atoms with Crippen molar-refractivity contribution in [2.75, 3.05) is 20.2 Å². The zero-order valence-corrected chi connectivity index (χ0v) is 14.1. The van der Waals surface area contributed by atoms with E-state index in [1.807, 2.05) is 26.0 Å². The van der Waals surface area contributed by atoms with Crippen LogP contribution in [0.4, 0.5) is 0 Å². The van der Waals surface area contributed by atoms with E-state index in [1.165, 1.54) is 24.0 Å². The maximum absolute atomic E-state index is 5.35. The standard InChI is InChI=1S/C19H24N2O2/c1-14-19(15(2)23-20-14)18-7-5-13-21(18)12-4-6-16-8-10-17(22-3)11-9-16/h4,6,8-11,18H,5,7,12-13H2,1-3H3/b6-4+. The molecule has 1 saturated heterocycles. The molecule has 4 nitrogen and oxygen atoms in total. The van der Waals surface area contributed by atoms with Gasteiger partial charge in [0.05, 0.1) is 12.8 Å². The SMILES string of the molecule is COc1ccc(/C=C/CN2CCCC2c2c(C)noc2C)cc1. The maximum atomic E-state index is 5.35. The molecule has 23 heavy (non-hydrogen) atoms. The number of aromatic nitrogens is 1. The normalized spacial score (nSPS) is 18.8. The van der Waals surface area contributed by atoms with Gasteiger partial charge in [0.25, 0.3) is 0 Å². The molecule has 1 atom stereocenters. The molecule has 0 bridgehead atoms. The number of hydrogen-bond donors (Lipinski definition) is 0. The first-order valence-corrected chi connectivity index (χ1v) is 8.16. The molecule has 0 radical (unpaired) electrons. The van der Waals surface area contributed by atoms with Gasteiger partial charge in [-0.15, -0.1) is 0 Å². The quantitative estimate of drug-likeness (QED) is 0.831. The summed E-state index contributed by atoms with van der Waals surface area (Å²) in [4.78, 5) is 2.51. The van der Waals surface area contributed by atoms with E-state index >= 15 is 0 Å². The number of hydrogen-bond acceptors (Lipinski definition) is 4. The fourth-order valence-electron chi connectivity index (χ4n) is 3.38. The van der Waals surface area contributed by atoms with Gasteiger partial charge in [0, 0.05) is 18.2 Å². The van der Waals surface area contributed by atoms with Gasteiger partial charge >= 0.3 is 0 Å². The summed E-state index contributed by atoms with van der Waals surface area (Å²) >= 11 is 0. The van der Waals surface area contributed by atoms with E-state index in [9.17, 15) is 0 Å². The van der Waals surface area contributed by atoms with Gasteiger partial charge in [0.1, 0.15) is 11.5 Å². The summed E-state index contributed by atoms with van der Waals surface area (Å²) in [5.74, 6) is 1.85. The van der Waals surface area contributed by atoms with E-state index in [0.717, 1.165) is 30.3 Å². The van der Waals surface area contributed by atoms with E-state index in [4.69, 9.17) is 9.26 Å². The molecule has 0 aliphatic carbocycles. The van der Waals surface area contributed by atoms with Crippen molar-refractivity contribution in [2.24, 2.45) is 0 Å². The highest BCUT2D eigenvalue weighted by molar-refractivity contribution is 5.50. The van der Waals surface area contributed by atoms with Crippen molar-refractivity contribution in [1.82, 2.24) is 10.1 Å². The Kier molecular flexibility index (Phi) is 4.82. The Morgan fingerprint density at radius 2 is 2.09 bits per heavy atom. The number of aryl methyl sites for hydroxylation is 2. The molecule has 1 aliphatic rings. The molecule has 1 unspecified atom stereocenters. The van der Waals surface area contributed by atoms with Crippen LogP contribution in [0.25, 0.3) is 6.08 Å². The average molecular weight is 312 g/mol. The van der Waals surface area contributed by atoms with Crippen LogP contribution >= 0.6 is 0 Å². The van der Waals surface area contributed by atoms with Gasteiger partial charge in [0.15, 0.2) is 0 Å². The lowest BCUT2D eigenvalue weighted by Crippen LogP contribution is -2.24. The number of ether oxygens (including phenoxy) is 1. The average Bonchev–Trinajstić information content (AvgIpc) is 3.14. The molecule has 0 N–H and O–H groups in total. The number of nitrogens with zero attached hydrogens (tertiary/aromatic N) is 2. The Bertz CT molecular complexity index is 654. The van der Waals surface area contributed by atoms with Gasteiger partial charge in [-0.25, -0.2) is 0 Å². The largest absolute Gasteiger partial charge is 0.497 e. The number of likely N-dealkylation sites (tertiary alicyclic amines) is 1. The molecule has 2 heterocycles. The lowest BCUT2D eigenvalue weighted by Gasteiger charge is -2.22. The monoisotopic (exact) mass is 312 g/mol. The second-order valence-corrected chi connectivity index (χ2v) is 6.07. The summed E-state index contributed by atoms with van der Waals surface area (Å²) in [5.41, 5.74) is 3.50. The molecule has 0 spiro atoms. The van der Waals surface area contributed by atoms with Gasteiger partial charge in [0.2, 0.25) is 0 Å². The van der Waals surface area contributed by atoms with Gasteiger partial charge < -0.3 is 9.26 Å². The van der Waals surface area contributed by atoms with Gasteiger partial charge in [-0.05, 0) is 50.9 Å². The van der Waals surface area contributed by atoms with Crippen molar-refractivity contribution in [3.05, 3.63) is 52.9 Å². The van der Waals surface area contributed by atoms with Gasteiger partial charge in [-0.2, -0.15) is 0 Å². The molecule has 1 aromatic carbocycles. The minimum absolute atomic E-state index is 0.432. The predicted octanol–water partition coefficient (Wildman–Crippen LogP) is 4.15. The number of benzene rings is 1. The highest BCUT2D eigenvalue weighted by Gasteiger charge is 2.29. The second-order valence-electron chi connectivity index (χ2n) is 6.07. The summed E-state index contributed by atoms with van der Waals surface area (Å²) in [6.45, 7) is 6.12. The van der Waals surface area contributed by atoms with E-state index in [0.29, 0.717) is 6.04 Å². The minimum atomic E-state index is 0.432. The molecule has 1 aromatic heterocycles. The van der Waals surface area contributed by atoms with Crippen LogP contribution in [0.15, 0.2) is 34.9 Å². The molecule has 4 heteroatoms. The van der Waals surface area contributed by atoms with Gasteiger partial charge in [-0.3, -0.25) is 4.90 Å². The molecule has 1 aliphatic heterocycles. The summed E-state index contributed by atoms with van der Waals surface area (Å²) in [6.07, 6.45) is 6.81. The van der Waals surface area contributed by atoms with E-state index in [1.54, 1.807) is 7.11 Å². The summed E-state index contributed by atoms with van der Waals surface area (Å²) in [7, 11) is 1.69. The number of rotatable bonds is 5. The molecular formula is C19H24N2O2. The third-order valence-corrected chi connectivity index (χ3v) is 4.55. The summed E-state index contributed by atoms with van der Waals surface area (Å²) in [6, 6.07) is 8.56. The molecular weight excluding hydrogens is 288 g/mol. The van der Waals surface area contributed by atoms with Crippen LogP contribution in [0.2, 0.25) is 0 Å². The molecule has 3 rings (SSSR count). The van der Waals surface area contributed by atoms with Crippen LogP contribution in [0.3, 0.4) is 0 Å². The van der Waals surface area contributed by atoms with Crippen molar-refractivity contribution >= 4 is 6.08 Å². The summed E-state index contributed by atoms with van der Waals surface area (Å²) < 4.78 is 10.5. The predicted molar refractivity (Wildman–Crippen MR) is 91.6 cm³/mol. The maximum Gasteiger partial charge on any atom is 0.138 e. The van der Waals surface area contributed by atoms with E-state index < -0.39 is 0 Å². The molecule has 1 fully saturated rings. The van der Waals surface area contributed by atoms with Crippen molar-refractivity contribution in [3.8, 4) is 5.75 Å². The Morgan fingerprint density at radius 3 is 2.74 bits per heavy atom. The van der Waals surface area contributed by atoms with Crippen LogP contribution in [0.1, 0.15) is 41.5 Å². The Hall–Kier alpha value is -2.07. The third kappa shape index (κ3) is 3.48. The zero-order chi connectivity index (χ0) is 16.2. The molecule has 122 valence electrons. The topological polar surface area (TPSA) is 38.5 Å². The third-order valence-electron chi connectivity index (χ3n) is 4.55. The van der Waals surface area contributed by atoms with E-state index in [-0.39, 0.29) is 0 Å². The molecule has 0 amide bonds. The number of methoxy groups -OCH3 is 1. The van der Waals surface area contributed by atoms with Crippen molar-refractivity contribution in [1.29, 1.82) is 0 Å². The van der Waals surface area contributed by atoms with Crippen LogP contribution in [-0.2, 0) is 0 Å². The minimum Gasteiger partial charge on any atom is -0.497 e. The zero-order valence-electron chi connectivity index (χ0n) is 14.1. The first-order valence-electron chi connectivity index (χ1n) is 8.16. The first kappa shape index (κ1) is 15.8. The van der Waals surface area contributed by atoms with Crippen LogP contribution in [0, 0.1) is 13.8 Å². The smallest absolute Gasteiger partial charge is 0.138 e. The van der Waals surface area contributed by atoms with Crippen molar-refractivity contribution in [3.63, 3.8) is 0 Å². The fourth-order valence-corrected chi connectivity index (χ4v) is 3.38. The fraction of sp³-hybridized carbons (Fsp3) is 0.421. The first-order chi connectivity index (χ1) is 11.2. The van der Waals surface area contributed by atoms with Crippen molar-refractivity contribution in [2.45, 2.75) is 32.7 Å². The summed E-state index contributed by atoms with van der Waals surface area (Å²) in [5, 5.41) is 4.11. The molecule has 0 saturated carbocycles. The van der Waals surface area contributed by atoms with E-state index in [2.05, 4.69) is 34.3 Å². The van der Waals surface area contributed by atoms with Crippen molar-refractivity contribution < 1.29 is 9.26 Å². The lowest BCUT2D eigenvalue weighted by atomic mass is 10.0.